The number of unbranched alkanes of at least 4 members (excludes halogenated alkanes) is 12. The molecule has 0 aliphatic rings. The predicted molar refractivity (Wildman–Crippen MR) is 160 cm³/mol. The standard InChI is InChI=1S/C33H46N2O4/c1-3-4-5-6-7-8-9-10-11-12-13-14-18-21-32(36)35-34-27-29-22-24-30(31(26-29)38-2)39-33(37)25-23-28-19-16-15-17-20-28/h15-17,19-20,22-27H,3-14,18,21H2,1-2H3,(H,35,36)/b25-23+,34-27-. The molecule has 1 amide bonds. The maximum absolute atomic E-state index is 12.2. The van der Waals surface area contributed by atoms with Gasteiger partial charge in [0, 0.05) is 12.5 Å². The summed E-state index contributed by atoms with van der Waals surface area (Å²) in [6.45, 7) is 2.26. The summed E-state index contributed by atoms with van der Waals surface area (Å²) in [7, 11) is 1.50. The molecule has 6 heteroatoms. The van der Waals surface area contributed by atoms with Crippen LogP contribution in [0.5, 0.6) is 11.5 Å². The molecule has 0 aliphatic heterocycles. The molecular weight excluding hydrogens is 488 g/mol. The fraction of sp³-hybridized carbons (Fsp3) is 0.485. The molecule has 0 saturated carbocycles. The molecule has 0 saturated heterocycles. The van der Waals surface area contributed by atoms with Crippen LogP contribution < -0.4 is 14.9 Å². The minimum atomic E-state index is -0.501. The second-order valence-corrected chi connectivity index (χ2v) is 9.86. The Morgan fingerprint density at radius 2 is 1.38 bits per heavy atom. The van der Waals surface area contributed by atoms with Gasteiger partial charge >= 0.3 is 5.97 Å². The molecule has 0 atom stereocenters. The molecular formula is C33H46N2O4. The number of esters is 1. The van der Waals surface area contributed by atoms with E-state index in [-0.39, 0.29) is 5.91 Å². The van der Waals surface area contributed by atoms with E-state index in [9.17, 15) is 9.59 Å². The van der Waals surface area contributed by atoms with Gasteiger partial charge in [0.05, 0.1) is 13.3 Å². The molecule has 6 nitrogen and oxygen atoms in total. The molecule has 0 heterocycles. The minimum absolute atomic E-state index is 0.0861. The lowest BCUT2D eigenvalue weighted by atomic mass is 10.0. The first-order valence-corrected chi connectivity index (χ1v) is 14.6. The van der Waals surface area contributed by atoms with Crippen LogP contribution in [0.3, 0.4) is 0 Å². The van der Waals surface area contributed by atoms with Gasteiger partial charge in [-0.15, -0.1) is 0 Å². The van der Waals surface area contributed by atoms with E-state index in [0.29, 0.717) is 23.5 Å². The number of hydrogen-bond acceptors (Lipinski definition) is 5. The van der Waals surface area contributed by atoms with Gasteiger partial charge in [0.15, 0.2) is 11.5 Å². The van der Waals surface area contributed by atoms with E-state index in [1.165, 1.54) is 83.8 Å². The quantitative estimate of drug-likeness (QED) is 0.0463. The summed E-state index contributed by atoms with van der Waals surface area (Å²) in [5, 5.41) is 4.05. The number of ether oxygens (including phenoxy) is 2. The molecule has 2 aromatic rings. The molecule has 39 heavy (non-hydrogen) atoms. The second kappa shape index (κ2) is 20.5. The van der Waals surface area contributed by atoms with Gasteiger partial charge in [0.2, 0.25) is 5.91 Å². The van der Waals surface area contributed by atoms with Crippen LogP contribution in [0.4, 0.5) is 0 Å². The van der Waals surface area contributed by atoms with E-state index in [1.54, 1.807) is 30.5 Å². The van der Waals surface area contributed by atoms with E-state index in [1.807, 2.05) is 30.3 Å². The third-order valence-electron chi connectivity index (χ3n) is 6.52. The molecule has 0 radical (unpaired) electrons. The van der Waals surface area contributed by atoms with Crippen molar-refractivity contribution < 1.29 is 19.1 Å². The van der Waals surface area contributed by atoms with E-state index in [2.05, 4.69) is 17.5 Å². The van der Waals surface area contributed by atoms with Crippen LogP contribution in [0.1, 0.15) is 108 Å². The molecule has 0 bridgehead atoms. The van der Waals surface area contributed by atoms with Crippen molar-refractivity contribution in [2.75, 3.05) is 7.11 Å². The molecule has 0 aromatic heterocycles. The maximum Gasteiger partial charge on any atom is 0.336 e. The molecule has 0 aliphatic carbocycles. The number of hydrazone groups is 1. The molecule has 212 valence electrons. The molecule has 1 N–H and O–H groups in total. The first-order valence-electron chi connectivity index (χ1n) is 14.6. The number of carbonyl (C=O) groups excluding carboxylic acids is 2. The number of hydrogen-bond donors (Lipinski definition) is 1. The number of nitrogens with one attached hydrogen (secondary N) is 1. The van der Waals surface area contributed by atoms with E-state index in [4.69, 9.17) is 9.47 Å². The lowest BCUT2D eigenvalue weighted by Crippen LogP contribution is -2.16. The summed E-state index contributed by atoms with van der Waals surface area (Å²) < 4.78 is 10.8. The van der Waals surface area contributed by atoms with Crippen LogP contribution in [0.25, 0.3) is 6.08 Å². The topological polar surface area (TPSA) is 77.0 Å². The number of amides is 1. The minimum Gasteiger partial charge on any atom is -0.493 e. The highest BCUT2D eigenvalue weighted by Gasteiger charge is 2.09. The fourth-order valence-electron chi connectivity index (χ4n) is 4.26. The van der Waals surface area contributed by atoms with Crippen LogP contribution in [-0.2, 0) is 9.59 Å². The van der Waals surface area contributed by atoms with Gasteiger partial charge in [-0.05, 0) is 41.8 Å². The van der Waals surface area contributed by atoms with Crippen molar-refractivity contribution >= 4 is 24.2 Å². The summed E-state index contributed by atoms with van der Waals surface area (Å²) in [5.41, 5.74) is 4.21. The van der Waals surface area contributed by atoms with Gasteiger partial charge in [-0.25, -0.2) is 10.2 Å². The van der Waals surface area contributed by atoms with Gasteiger partial charge in [-0.3, -0.25) is 4.79 Å². The zero-order valence-corrected chi connectivity index (χ0v) is 23.8. The van der Waals surface area contributed by atoms with Crippen molar-refractivity contribution in [2.45, 2.75) is 96.8 Å². The van der Waals surface area contributed by atoms with Crippen molar-refractivity contribution in [3.05, 3.63) is 65.7 Å². The van der Waals surface area contributed by atoms with E-state index < -0.39 is 5.97 Å². The van der Waals surface area contributed by atoms with Crippen LogP contribution in [0, 0.1) is 0 Å². The zero-order chi connectivity index (χ0) is 28.0. The Morgan fingerprint density at radius 1 is 0.769 bits per heavy atom. The third kappa shape index (κ3) is 14.9. The SMILES string of the molecule is CCCCCCCCCCCCCCCC(=O)N/N=C\c1ccc(OC(=O)/C=C/c2ccccc2)c(OC)c1. The largest absolute Gasteiger partial charge is 0.493 e. The summed E-state index contributed by atoms with van der Waals surface area (Å²) >= 11 is 0. The Bertz CT molecular complexity index is 1020. The van der Waals surface area contributed by atoms with Crippen LogP contribution in [0.2, 0.25) is 0 Å². The number of methoxy groups -OCH3 is 1. The summed E-state index contributed by atoms with van der Waals surface area (Å²) in [6.07, 6.45) is 21.7. The van der Waals surface area contributed by atoms with E-state index in [0.717, 1.165) is 18.4 Å². The van der Waals surface area contributed by atoms with E-state index >= 15 is 0 Å². The van der Waals surface area contributed by atoms with Gasteiger partial charge in [0.1, 0.15) is 0 Å². The smallest absolute Gasteiger partial charge is 0.336 e. The average molecular weight is 535 g/mol. The van der Waals surface area contributed by atoms with Crippen molar-refractivity contribution in [1.29, 1.82) is 0 Å². The van der Waals surface area contributed by atoms with Gasteiger partial charge in [0.25, 0.3) is 0 Å². The average Bonchev–Trinajstić information content (AvgIpc) is 2.95. The predicted octanol–water partition coefficient (Wildman–Crippen LogP) is 8.25. The van der Waals surface area contributed by atoms with Crippen LogP contribution in [0.15, 0.2) is 59.7 Å². The second-order valence-electron chi connectivity index (χ2n) is 9.86. The number of nitrogens with zero attached hydrogens (tertiary/aromatic N) is 1. The Balaban J connectivity index is 1.59. The molecule has 2 aromatic carbocycles. The van der Waals surface area contributed by atoms with Gasteiger partial charge < -0.3 is 9.47 Å². The summed E-state index contributed by atoms with van der Waals surface area (Å²) in [6, 6.07) is 14.6. The number of benzene rings is 2. The number of carbonyl (C=O) groups is 2. The first-order chi connectivity index (χ1) is 19.1. The normalized spacial score (nSPS) is 11.2. The molecule has 0 unspecified atom stereocenters. The fourth-order valence-corrected chi connectivity index (χ4v) is 4.26. The third-order valence-corrected chi connectivity index (χ3v) is 6.52. The lowest BCUT2D eigenvalue weighted by molar-refractivity contribution is -0.129. The maximum atomic E-state index is 12.2. The molecule has 0 spiro atoms. The summed E-state index contributed by atoms with van der Waals surface area (Å²) in [5.74, 6) is 0.124. The van der Waals surface area contributed by atoms with Gasteiger partial charge in [-0.2, -0.15) is 5.10 Å². The highest BCUT2D eigenvalue weighted by atomic mass is 16.6. The highest BCUT2D eigenvalue weighted by molar-refractivity contribution is 5.89. The van der Waals surface area contributed by atoms with Crippen molar-refractivity contribution in [1.82, 2.24) is 5.43 Å². The Hall–Kier alpha value is -3.41. The van der Waals surface area contributed by atoms with Crippen molar-refractivity contribution in [3.8, 4) is 11.5 Å². The Labute approximate surface area is 234 Å². The van der Waals surface area contributed by atoms with Crippen LogP contribution in [-0.4, -0.2) is 25.2 Å². The van der Waals surface area contributed by atoms with Crippen LogP contribution >= 0.6 is 0 Å². The Kier molecular flexibility index (Phi) is 16.8. The van der Waals surface area contributed by atoms with Gasteiger partial charge in [-0.1, -0.05) is 114 Å². The highest BCUT2D eigenvalue weighted by Crippen LogP contribution is 2.28. The molecule has 2 rings (SSSR count). The number of rotatable bonds is 20. The molecule has 0 fully saturated rings. The lowest BCUT2D eigenvalue weighted by Gasteiger charge is -2.08. The monoisotopic (exact) mass is 534 g/mol. The van der Waals surface area contributed by atoms with Crippen molar-refractivity contribution in [3.63, 3.8) is 0 Å². The first kappa shape index (κ1) is 31.8. The zero-order valence-electron chi connectivity index (χ0n) is 23.8. The van der Waals surface area contributed by atoms with Crippen molar-refractivity contribution in [2.24, 2.45) is 5.10 Å². The summed E-state index contributed by atoms with van der Waals surface area (Å²) in [4.78, 5) is 24.3. The Morgan fingerprint density at radius 3 is 2.00 bits per heavy atom.